The molecule has 3 aromatic rings. The molecule has 3 heterocycles. The minimum Gasteiger partial charge on any atom is -0.487 e. The van der Waals surface area contributed by atoms with Crippen molar-refractivity contribution in [1.82, 2.24) is 10.3 Å². The Morgan fingerprint density at radius 2 is 1.93 bits per heavy atom. The molecule has 29 heavy (non-hydrogen) atoms. The predicted octanol–water partition coefficient (Wildman–Crippen LogP) is 4.43. The number of hydrogen-bond donors (Lipinski definition) is 2. The molecule has 1 aromatic heterocycles. The number of pyridine rings is 1. The van der Waals surface area contributed by atoms with Crippen molar-refractivity contribution in [2.75, 3.05) is 18.5 Å². The molecule has 2 amide bonds. The van der Waals surface area contributed by atoms with E-state index in [1.807, 2.05) is 48.5 Å². The maximum atomic E-state index is 12.9. The van der Waals surface area contributed by atoms with Crippen LogP contribution in [0.3, 0.4) is 0 Å². The molecule has 1 spiro atoms. The van der Waals surface area contributed by atoms with Crippen LogP contribution in [-0.2, 0) is 4.74 Å². The van der Waals surface area contributed by atoms with Crippen LogP contribution in [0.15, 0.2) is 60.9 Å². The van der Waals surface area contributed by atoms with E-state index in [1.54, 1.807) is 12.4 Å². The lowest BCUT2D eigenvalue weighted by Crippen LogP contribution is -2.49. The summed E-state index contributed by atoms with van der Waals surface area (Å²) in [6.07, 6.45) is 5.92. The van der Waals surface area contributed by atoms with E-state index in [-0.39, 0.29) is 17.7 Å². The molecule has 2 aromatic carbocycles. The van der Waals surface area contributed by atoms with Gasteiger partial charge in [-0.2, -0.15) is 0 Å². The largest absolute Gasteiger partial charge is 0.487 e. The lowest BCUT2D eigenvalue weighted by atomic mass is 9.82. The molecule has 1 saturated heterocycles. The van der Waals surface area contributed by atoms with Crippen molar-refractivity contribution in [3.8, 4) is 5.75 Å². The Balaban J connectivity index is 1.39. The van der Waals surface area contributed by atoms with Crippen LogP contribution in [0.1, 0.15) is 30.9 Å². The van der Waals surface area contributed by atoms with Gasteiger partial charge in [0.2, 0.25) is 0 Å². The molecule has 0 bridgehead atoms. The number of nitrogens with one attached hydrogen (secondary N) is 2. The summed E-state index contributed by atoms with van der Waals surface area (Å²) in [4.78, 5) is 17.0. The number of urea groups is 1. The highest BCUT2D eigenvalue weighted by atomic mass is 16.5. The van der Waals surface area contributed by atoms with Gasteiger partial charge < -0.3 is 20.1 Å². The Labute approximate surface area is 169 Å². The van der Waals surface area contributed by atoms with E-state index in [2.05, 4.69) is 15.6 Å². The van der Waals surface area contributed by atoms with Crippen LogP contribution in [0.25, 0.3) is 10.8 Å². The minimum atomic E-state index is -0.282. The van der Waals surface area contributed by atoms with Crippen molar-refractivity contribution in [1.29, 1.82) is 0 Å². The molecule has 0 aliphatic carbocycles. The summed E-state index contributed by atoms with van der Waals surface area (Å²) in [6, 6.07) is 15.3. The zero-order valence-corrected chi connectivity index (χ0v) is 16.1. The van der Waals surface area contributed by atoms with E-state index in [4.69, 9.17) is 9.47 Å². The van der Waals surface area contributed by atoms with E-state index in [9.17, 15) is 4.79 Å². The number of nitrogens with zero attached hydrogens (tertiary/aromatic N) is 1. The molecule has 1 fully saturated rings. The molecule has 2 aliphatic rings. The Hall–Kier alpha value is -3.12. The second kappa shape index (κ2) is 7.37. The third-order valence-corrected chi connectivity index (χ3v) is 5.84. The molecule has 2 N–H and O–H groups in total. The van der Waals surface area contributed by atoms with Gasteiger partial charge in [-0.3, -0.25) is 4.98 Å². The van der Waals surface area contributed by atoms with E-state index < -0.39 is 0 Å². The highest BCUT2D eigenvalue weighted by molar-refractivity contribution is 6.01. The molecule has 6 nitrogen and oxygen atoms in total. The maximum Gasteiger partial charge on any atom is 0.319 e. The van der Waals surface area contributed by atoms with Crippen LogP contribution in [-0.4, -0.2) is 29.8 Å². The second-order valence-corrected chi connectivity index (χ2v) is 7.69. The zero-order chi connectivity index (χ0) is 19.7. The summed E-state index contributed by atoms with van der Waals surface area (Å²) >= 11 is 0. The third kappa shape index (κ3) is 3.51. The van der Waals surface area contributed by atoms with Crippen LogP contribution >= 0.6 is 0 Å². The zero-order valence-electron chi connectivity index (χ0n) is 16.1. The Bertz CT molecular complexity index is 1040. The van der Waals surface area contributed by atoms with Gasteiger partial charge >= 0.3 is 6.03 Å². The fraction of sp³-hybridized carbons (Fsp3) is 0.304. The summed E-state index contributed by atoms with van der Waals surface area (Å²) in [5.74, 6) is 0.849. The van der Waals surface area contributed by atoms with Crippen molar-refractivity contribution in [3.05, 3.63) is 66.5 Å². The molecule has 0 saturated carbocycles. The van der Waals surface area contributed by atoms with Crippen molar-refractivity contribution in [3.63, 3.8) is 0 Å². The van der Waals surface area contributed by atoms with Crippen LogP contribution in [0.4, 0.5) is 10.5 Å². The monoisotopic (exact) mass is 389 g/mol. The number of fused-ring (bicyclic) bond motifs is 2. The number of para-hydroxylation sites is 1. The molecule has 2 aliphatic heterocycles. The quantitative estimate of drug-likeness (QED) is 0.680. The van der Waals surface area contributed by atoms with Crippen LogP contribution < -0.4 is 15.4 Å². The SMILES string of the molecule is O=C(Nc1cccc2cnccc12)NC1CC2(CCOCC2)Oc2ccccc21. The molecular weight excluding hydrogens is 366 g/mol. The number of rotatable bonds is 2. The molecule has 6 heteroatoms. The minimum absolute atomic E-state index is 0.116. The number of carbonyl (C=O) groups is 1. The standard InChI is InChI=1S/C23H23N3O3/c27-22(25-19-6-3-4-16-15-24-11-8-17(16)19)26-20-14-23(9-12-28-13-10-23)29-21-7-2-1-5-18(20)21/h1-8,11,15,20H,9-10,12-14H2,(H2,25,26,27). The number of anilines is 1. The van der Waals surface area contributed by atoms with Crippen molar-refractivity contribution >= 4 is 22.5 Å². The highest BCUT2D eigenvalue weighted by Gasteiger charge is 2.42. The Kier molecular flexibility index (Phi) is 4.56. The number of aromatic nitrogens is 1. The number of benzene rings is 2. The fourth-order valence-corrected chi connectivity index (χ4v) is 4.34. The van der Waals surface area contributed by atoms with Gasteiger partial charge in [0.25, 0.3) is 0 Å². The first-order valence-corrected chi connectivity index (χ1v) is 9.98. The first-order chi connectivity index (χ1) is 14.2. The summed E-state index contributed by atoms with van der Waals surface area (Å²) in [5.41, 5.74) is 1.50. The van der Waals surface area contributed by atoms with E-state index >= 15 is 0 Å². The number of carbonyl (C=O) groups excluding carboxylic acids is 1. The van der Waals surface area contributed by atoms with Gasteiger partial charge in [-0.15, -0.1) is 0 Å². The van der Waals surface area contributed by atoms with Crippen molar-refractivity contribution < 1.29 is 14.3 Å². The molecule has 1 unspecified atom stereocenters. The molecular formula is C23H23N3O3. The lowest BCUT2D eigenvalue weighted by Gasteiger charge is -2.44. The summed E-state index contributed by atoms with van der Waals surface area (Å²) in [5, 5.41) is 8.14. The average molecular weight is 389 g/mol. The number of hydrogen-bond acceptors (Lipinski definition) is 4. The normalized spacial score (nSPS) is 19.9. The molecule has 0 radical (unpaired) electrons. The molecule has 1 atom stereocenters. The van der Waals surface area contributed by atoms with Gasteiger partial charge in [0.1, 0.15) is 11.4 Å². The molecule has 148 valence electrons. The van der Waals surface area contributed by atoms with Gasteiger partial charge in [0.05, 0.1) is 24.9 Å². The van der Waals surface area contributed by atoms with Crippen LogP contribution in [0.5, 0.6) is 5.75 Å². The first kappa shape index (κ1) is 17.9. The fourth-order valence-electron chi connectivity index (χ4n) is 4.34. The number of ether oxygens (including phenoxy) is 2. The van der Waals surface area contributed by atoms with Gasteiger partial charge in [0.15, 0.2) is 0 Å². The van der Waals surface area contributed by atoms with Gasteiger partial charge in [-0.05, 0) is 18.2 Å². The maximum absolute atomic E-state index is 12.9. The second-order valence-electron chi connectivity index (χ2n) is 7.69. The van der Waals surface area contributed by atoms with Crippen molar-refractivity contribution in [2.24, 2.45) is 0 Å². The van der Waals surface area contributed by atoms with Crippen molar-refractivity contribution in [2.45, 2.75) is 30.9 Å². The van der Waals surface area contributed by atoms with Crippen LogP contribution in [0.2, 0.25) is 0 Å². The Morgan fingerprint density at radius 1 is 1.07 bits per heavy atom. The number of amides is 2. The third-order valence-electron chi connectivity index (χ3n) is 5.84. The Morgan fingerprint density at radius 3 is 2.83 bits per heavy atom. The van der Waals surface area contributed by atoms with Gasteiger partial charge in [0, 0.05) is 48.0 Å². The highest BCUT2D eigenvalue weighted by Crippen LogP contribution is 2.43. The van der Waals surface area contributed by atoms with E-state index in [0.717, 1.165) is 47.0 Å². The van der Waals surface area contributed by atoms with Gasteiger partial charge in [-0.1, -0.05) is 30.3 Å². The van der Waals surface area contributed by atoms with Crippen LogP contribution in [0, 0.1) is 0 Å². The summed E-state index contributed by atoms with van der Waals surface area (Å²) in [7, 11) is 0. The summed E-state index contributed by atoms with van der Waals surface area (Å²) in [6.45, 7) is 1.37. The smallest absolute Gasteiger partial charge is 0.319 e. The molecule has 5 rings (SSSR count). The summed E-state index contributed by atoms with van der Waals surface area (Å²) < 4.78 is 11.9. The van der Waals surface area contributed by atoms with Gasteiger partial charge in [-0.25, -0.2) is 4.79 Å². The van der Waals surface area contributed by atoms with E-state index in [1.165, 1.54) is 0 Å². The lowest BCUT2D eigenvalue weighted by molar-refractivity contribution is -0.0636. The topological polar surface area (TPSA) is 72.5 Å². The van der Waals surface area contributed by atoms with E-state index in [0.29, 0.717) is 13.2 Å². The average Bonchev–Trinajstić information content (AvgIpc) is 2.74. The first-order valence-electron chi connectivity index (χ1n) is 9.98. The predicted molar refractivity (Wildman–Crippen MR) is 111 cm³/mol.